The molecule has 4 rings (SSSR count). The predicted molar refractivity (Wildman–Crippen MR) is 121 cm³/mol. The van der Waals surface area contributed by atoms with Crippen LogP contribution in [-0.4, -0.2) is 27.8 Å². The third kappa shape index (κ3) is 4.11. The lowest BCUT2D eigenvalue weighted by Gasteiger charge is -2.63. The Morgan fingerprint density at radius 1 is 1.00 bits per heavy atom. The number of hydrogen-bond donors (Lipinski definition) is 2. The Kier molecular flexibility index (Phi) is 6.12. The average Bonchev–Trinajstić information content (AvgIpc) is 2.99. The fraction of sp³-hybridized carbons (Fsp3) is 1.00. The van der Waals surface area contributed by atoms with Crippen molar-refractivity contribution in [3.63, 3.8) is 0 Å². The van der Waals surface area contributed by atoms with Crippen LogP contribution in [0.4, 0.5) is 8.78 Å². The summed E-state index contributed by atoms with van der Waals surface area (Å²) in [6.45, 7) is 10.7. The summed E-state index contributed by atoms with van der Waals surface area (Å²) in [4.78, 5) is 0. The Morgan fingerprint density at radius 2 is 1.65 bits per heavy atom. The summed E-state index contributed by atoms with van der Waals surface area (Å²) in [6, 6.07) is 0. The summed E-state index contributed by atoms with van der Waals surface area (Å²) < 4.78 is 31.5. The molecule has 0 spiro atoms. The van der Waals surface area contributed by atoms with E-state index >= 15 is 8.78 Å². The minimum atomic E-state index is -2.60. The number of halogens is 2. The number of aliphatic hydroxyl groups excluding tert-OH is 1. The second-order valence-electron chi connectivity index (χ2n) is 13.2. The molecule has 0 saturated heterocycles. The minimum Gasteiger partial charge on any atom is -0.393 e. The lowest BCUT2D eigenvalue weighted by molar-refractivity contribution is -0.238. The van der Waals surface area contributed by atoms with Gasteiger partial charge in [-0.1, -0.05) is 33.6 Å². The van der Waals surface area contributed by atoms with Gasteiger partial charge in [0, 0.05) is 12.3 Å². The van der Waals surface area contributed by atoms with Gasteiger partial charge in [0.1, 0.15) is 0 Å². The molecule has 4 fully saturated rings. The van der Waals surface area contributed by atoms with Crippen molar-refractivity contribution in [2.75, 3.05) is 0 Å². The molecule has 0 aromatic heterocycles. The first kappa shape index (κ1) is 23.9. The van der Waals surface area contributed by atoms with Gasteiger partial charge in [-0.15, -0.1) is 0 Å². The molecule has 2 N–H and O–H groups in total. The molecule has 0 aliphatic heterocycles. The second kappa shape index (κ2) is 7.93. The van der Waals surface area contributed by atoms with Crippen LogP contribution in [0.1, 0.15) is 105 Å². The van der Waals surface area contributed by atoms with Gasteiger partial charge in [0.2, 0.25) is 0 Å². The molecule has 31 heavy (non-hydrogen) atoms. The maximum absolute atomic E-state index is 15.8. The first-order valence-electron chi connectivity index (χ1n) is 13.1. The van der Waals surface area contributed by atoms with Gasteiger partial charge < -0.3 is 10.2 Å². The zero-order valence-electron chi connectivity index (χ0n) is 20.5. The van der Waals surface area contributed by atoms with Gasteiger partial charge in [-0.05, 0) is 106 Å². The van der Waals surface area contributed by atoms with Crippen LogP contribution in [0.5, 0.6) is 0 Å². The number of alkyl halides is 2. The lowest BCUT2D eigenvalue weighted by Crippen LogP contribution is -2.61. The predicted octanol–water partition coefficient (Wildman–Crippen LogP) is 6.83. The summed E-state index contributed by atoms with van der Waals surface area (Å²) in [5.41, 5.74) is -0.622. The molecule has 4 heteroatoms. The van der Waals surface area contributed by atoms with E-state index in [0.29, 0.717) is 18.3 Å². The molecule has 4 saturated carbocycles. The van der Waals surface area contributed by atoms with Gasteiger partial charge in [0.15, 0.2) is 0 Å². The van der Waals surface area contributed by atoms with Crippen LogP contribution in [0.2, 0.25) is 0 Å². The molecule has 2 nitrogen and oxygen atoms in total. The van der Waals surface area contributed by atoms with E-state index < -0.39 is 17.4 Å². The van der Waals surface area contributed by atoms with Gasteiger partial charge in [0.25, 0.3) is 5.92 Å². The maximum atomic E-state index is 15.8. The molecule has 0 radical (unpaired) electrons. The van der Waals surface area contributed by atoms with E-state index in [0.717, 1.165) is 57.8 Å². The van der Waals surface area contributed by atoms with Crippen LogP contribution in [0.25, 0.3) is 0 Å². The Bertz CT molecular complexity index is 658. The van der Waals surface area contributed by atoms with Crippen LogP contribution in [0.3, 0.4) is 0 Å². The lowest BCUT2D eigenvalue weighted by atomic mass is 9.43. The highest BCUT2D eigenvalue weighted by molar-refractivity contribution is 5.13. The molecule has 4 aliphatic rings. The standard InChI is InChI=1S/C27H46F2O2/c1-17(7-6-12-24(2,3)31)20-8-9-21-23-22(11-14-26(20,21)5)25(4)13-10-19(30)15-18(25)16-27(23,28)29/h17-23,30-31H,6-16H2,1-5H3/t17-,18?,19+,20-,21+,22+,23+,25+,26-/m1/s1. The number of hydrogen-bond acceptors (Lipinski definition) is 2. The van der Waals surface area contributed by atoms with Crippen molar-refractivity contribution in [2.24, 2.45) is 46.3 Å². The molecular weight excluding hydrogens is 394 g/mol. The van der Waals surface area contributed by atoms with Crippen LogP contribution in [0, 0.1) is 46.3 Å². The van der Waals surface area contributed by atoms with E-state index in [1.165, 1.54) is 0 Å². The summed E-state index contributed by atoms with van der Waals surface area (Å²) in [7, 11) is 0. The normalized spacial score (nSPS) is 47.9. The van der Waals surface area contributed by atoms with E-state index in [1.54, 1.807) is 0 Å². The molecule has 0 heterocycles. The largest absolute Gasteiger partial charge is 0.393 e. The van der Waals surface area contributed by atoms with Gasteiger partial charge >= 0.3 is 0 Å². The zero-order valence-corrected chi connectivity index (χ0v) is 20.5. The third-order valence-corrected chi connectivity index (χ3v) is 10.8. The van der Waals surface area contributed by atoms with Gasteiger partial charge in [-0.2, -0.15) is 0 Å². The highest BCUT2D eigenvalue weighted by Gasteiger charge is 2.68. The molecule has 0 aromatic rings. The van der Waals surface area contributed by atoms with E-state index in [9.17, 15) is 10.2 Å². The number of rotatable bonds is 5. The quantitative estimate of drug-likeness (QED) is 0.492. The van der Waals surface area contributed by atoms with Crippen LogP contribution in [-0.2, 0) is 0 Å². The van der Waals surface area contributed by atoms with Gasteiger partial charge in [0.05, 0.1) is 11.7 Å². The molecule has 0 bridgehead atoms. The summed E-state index contributed by atoms with van der Waals surface area (Å²) in [5.74, 6) is -1.82. The summed E-state index contributed by atoms with van der Waals surface area (Å²) in [6.07, 6.45) is 8.81. The number of aliphatic hydroxyl groups is 2. The van der Waals surface area contributed by atoms with Crippen molar-refractivity contribution in [1.29, 1.82) is 0 Å². The van der Waals surface area contributed by atoms with Gasteiger partial charge in [-0.3, -0.25) is 0 Å². The number of fused-ring (bicyclic) bond motifs is 5. The van der Waals surface area contributed by atoms with Crippen LogP contribution < -0.4 is 0 Å². The van der Waals surface area contributed by atoms with Crippen molar-refractivity contribution in [3.05, 3.63) is 0 Å². The van der Waals surface area contributed by atoms with Crippen molar-refractivity contribution in [3.8, 4) is 0 Å². The smallest absolute Gasteiger partial charge is 0.251 e. The molecule has 1 unspecified atom stereocenters. The fourth-order valence-electron chi connectivity index (χ4n) is 9.17. The average molecular weight is 441 g/mol. The Labute approximate surface area is 188 Å². The monoisotopic (exact) mass is 440 g/mol. The first-order valence-corrected chi connectivity index (χ1v) is 13.1. The SMILES string of the molecule is C[C@H](CCCC(C)(C)O)[C@H]1CC[C@H]2[C@H]3[C@H](CC[C@]12C)[C@@]1(C)CC[C@H](O)CC1CC3(F)F. The van der Waals surface area contributed by atoms with Crippen LogP contribution >= 0.6 is 0 Å². The van der Waals surface area contributed by atoms with E-state index in [-0.39, 0.29) is 41.1 Å². The van der Waals surface area contributed by atoms with Gasteiger partial charge in [-0.25, -0.2) is 8.78 Å². The maximum Gasteiger partial charge on any atom is 0.251 e. The third-order valence-electron chi connectivity index (χ3n) is 10.8. The van der Waals surface area contributed by atoms with Crippen molar-refractivity contribution in [2.45, 2.75) is 123 Å². The molecule has 180 valence electrons. The topological polar surface area (TPSA) is 40.5 Å². The van der Waals surface area contributed by atoms with Crippen molar-refractivity contribution < 1.29 is 19.0 Å². The highest BCUT2D eigenvalue weighted by Crippen LogP contribution is 2.71. The Hall–Kier alpha value is -0.220. The fourth-order valence-corrected chi connectivity index (χ4v) is 9.17. The van der Waals surface area contributed by atoms with Crippen molar-refractivity contribution in [1.82, 2.24) is 0 Å². The second-order valence-corrected chi connectivity index (χ2v) is 13.2. The Morgan fingerprint density at radius 3 is 2.32 bits per heavy atom. The van der Waals surface area contributed by atoms with E-state index in [1.807, 2.05) is 13.8 Å². The molecule has 9 atom stereocenters. The molecule has 0 aromatic carbocycles. The minimum absolute atomic E-state index is 0.0138. The summed E-state index contributed by atoms with van der Waals surface area (Å²) >= 11 is 0. The zero-order chi connectivity index (χ0) is 22.8. The van der Waals surface area contributed by atoms with Crippen molar-refractivity contribution >= 4 is 0 Å². The van der Waals surface area contributed by atoms with E-state index in [4.69, 9.17) is 0 Å². The Balaban J connectivity index is 1.53. The summed E-state index contributed by atoms with van der Waals surface area (Å²) in [5, 5.41) is 20.2. The molecule has 0 amide bonds. The van der Waals surface area contributed by atoms with E-state index in [2.05, 4.69) is 20.8 Å². The molecule has 4 aliphatic carbocycles. The first-order chi connectivity index (χ1) is 14.3. The molecular formula is C27H46F2O2. The van der Waals surface area contributed by atoms with Crippen LogP contribution in [0.15, 0.2) is 0 Å². The highest BCUT2D eigenvalue weighted by atomic mass is 19.3.